The molecule has 1 aliphatic heterocycles. The Morgan fingerprint density at radius 2 is 1.81 bits per heavy atom. The molecule has 2 unspecified atom stereocenters. The smallest absolute Gasteiger partial charge is 0.231 e. The Morgan fingerprint density at radius 3 is 2.52 bits per heavy atom. The van der Waals surface area contributed by atoms with Crippen LogP contribution in [-0.2, 0) is 11.2 Å². The highest BCUT2D eigenvalue weighted by molar-refractivity contribution is 6.00. The Labute approximate surface area is 124 Å². The van der Waals surface area contributed by atoms with Gasteiger partial charge >= 0.3 is 0 Å². The van der Waals surface area contributed by atoms with Crippen LogP contribution in [0.3, 0.4) is 0 Å². The number of aliphatic hydroxyl groups excluding tert-OH is 1. The highest BCUT2D eigenvalue weighted by Gasteiger charge is 2.26. The molecule has 0 fully saturated rings. The summed E-state index contributed by atoms with van der Waals surface area (Å²) in [6, 6.07) is 15.8. The van der Waals surface area contributed by atoms with E-state index in [4.69, 9.17) is 0 Å². The van der Waals surface area contributed by atoms with E-state index in [2.05, 4.69) is 0 Å². The van der Waals surface area contributed by atoms with Crippen molar-refractivity contribution in [1.29, 1.82) is 0 Å². The molecule has 2 aromatic carbocycles. The van der Waals surface area contributed by atoms with Crippen molar-refractivity contribution in [2.24, 2.45) is 0 Å². The van der Waals surface area contributed by atoms with Gasteiger partial charge in [0.25, 0.3) is 0 Å². The maximum absolute atomic E-state index is 11.7. The maximum Gasteiger partial charge on any atom is 0.231 e. The predicted octanol–water partition coefficient (Wildman–Crippen LogP) is 3.04. The second-order valence-electron chi connectivity index (χ2n) is 5.66. The van der Waals surface area contributed by atoms with Gasteiger partial charge in [-0.3, -0.25) is 4.79 Å². The lowest BCUT2D eigenvalue weighted by molar-refractivity contribution is -0.117. The number of hydrogen-bond acceptors (Lipinski definition) is 2. The van der Waals surface area contributed by atoms with Crippen LogP contribution < -0.4 is 4.90 Å². The zero-order valence-electron chi connectivity index (χ0n) is 12.3. The van der Waals surface area contributed by atoms with Gasteiger partial charge in [-0.2, -0.15) is 0 Å². The van der Waals surface area contributed by atoms with Crippen molar-refractivity contribution in [2.45, 2.75) is 25.4 Å². The van der Waals surface area contributed by atoms with E-state index in [9.17, 15) is 9.90 Å². The third-order valence-corrected chi connectivity index (χ3v) is 4.32. The molecule has 3 rings (SSSR count). The number of benzene rings is 2. The van der Waals surface area contributed by atoms with Crippen molar-refractivity contribution in [1.82, 2.24) is 0 Å². The molecule has 0 aliphatic carbocycles. The average Bonchev–Trinajstić information content (AvgIpc) is 2.81. The topological polar surface area (TPSA) is 40.5 Å². The molecular weight excluding hydrogens is 262 g/mol. The third-order valence-electron chi connectivity index (χ3n) is 4.32. The van der Waals surface area contributed by atoms with Crippen LogP contribution in [0.4, 0.5) is 5.69 Å². The number of fused-ring (bicyclic) bond motifs is 1. The molecule has 0 spiro atoms. The van der Waals surface area contributed by atoms with Gasteiger partial charge in [-0.15, -0.1) is 0 Å². The fraction of sp³-hybridized carbons (Fsp3) is 0.278. The summed E-state index contributed by atoms with van der Waals surface area (Å²) < 4.78 is 0. The van der Waals surface area contributed by atoms with Crippen LogP contribution in [0.25, 0.3) is 0 Å². The Morgan fingerprint density at radius 1 is 1.10 bits per heavy atom. The minimum Gasteiger partial charge on any atom is -0.388 e. The minimum atomic E-state index is -0.571. The van der Waals surface area contributed by atoms with E-state index in [1.807, 2.05) is 55.5 Å². The Kier molecular flexibility index (Phi) is 3.52. The van der Waals surface area contributed by atoms with Crippen LogP contribution in [-0.4, -0.2) is 18.1 Å². The van der Waals surface area contributed by atoms with E-state index in [-0.39, 0.29) is 11.8 Å². The molecular formula is C18H19NO2. The summed E-state index contributed by atoms with van der Waals surface area (Å²) in [5, 5.41) is 10.6. The van der Waals surface area contributed by atoms with Crippen LogP contribution in [0.15, 0.2) is 48.5 Å². The molecule has 0 saturated heterocycles. The van der Waals surface area contributed by atoms with E-state index in [0.717, 1.165) is 22.4 Å². The fourth-order valence-electron chi connectivity index (χ4n) is 2.90. The quantitative estimate of drug-likeness (QED) is 0.939. The van der Waals surface area contributed by atoms with Crippen molar-refractivity contribution < 1.29 is 9.90 Å². The van der Waals surface area contributed by atoms with Gasteiger partial charge < -0.3 is 10.0 Å². The largest absolute Gasteiger partial charge is 0.388 e. The number of hydrogen-bond donors (Lipinski definition) is 1. The summed E-state index contributed by atoms with van der Waals surface area (Å²) in [7, 11) is 1.79. The molecule has 2 aromatic rings. The second kappa shape index (κ2) is 5.34. The van der Waals surface area contributed by atoms with E-state index in [1.54, 1.807) is 11.9 Å². The molecule has 0 saturated carbocycles. The number of amides is 1. The lowest BCUT2D eigenvalue weighted by Gasteiger charge is -2.20. The van der Waals surface area contributed by atoms with Crippen LogP contribution >= 0.6 is 0 Å². The monoisotopic (exact) mass is 281 g/mol. The summed E-state index contributed by atoms with van der Waals surface area (Å²) >= 11 is 0. The van der Waals surface area contributed by atoms with Crippen molar-refractivity contribution >= 4 is 11.6 Å². The van der Waals surface area contributed by atoms with Crippen LogP contribution in [0, 0.1) is 0 Å². The molecule has 3 heteroatoms. The molecule has 2 atom stereocenters. The van der Waals surface area contributed by atoms with Gasteiger partial charge in [0.1, 0.15) is 0 Å². The highest BCUT2D eigenvalue weighted by atomic mass is 16.3. The Balaban J connectivity index is 1.88. The van der Waals surface area contributed by atoms with Gasteiger partial charge in [0, 0.05) is 18.7 Å². The SMILES string of the molecule is CC(c1ccccc1)C(O)c1ccc2c(c1)CC(=O)N2C. The number of likely N-dealkylation sites (N-methyl/N-ethyl adjacent to an activating group) is 1. The van der Waals surface area contributed by atoms with E-state index in [1.165, 1.54) is 0 Å². The number of aliphatic hydroxyl groups is 1. The van der Waals surface area contributed by atoms with Gasteiger partial charge in [0.05, 0.1) is 12.5 Å². The number of anilines is 1. The predicted molar refractivity (Wildman–Crippen MR) is 83.4 cm³/mol. The van der Waals surface area contributed by atoms with Crippen LogP contribution in [0.5, 0.6) is 0 Å². The number of rotatable bonds is 3. The standard InChI is InChI=1S/C18H19NO2/c1-12(13-6-4-3-5-7-13)18(21)14-8-9-16-15(10-14)11-17(20)19(16)2/h3-10,12,18,21H,11H2,1-2H3. The van der Waals surface area contributed by atoms with Crippen molar-refractivity contribution in [2.75, 3.05) is 11.9 Å². The summed E-state index contributed by atoms with van der Waals surface area (Å²) in [5.41, 5.74) is 3.93. The normalized spacial score (nSPS) is 16.7. The Bertz CT molecular complexity index is 666. The van der Waals surface area contributed by atoms with E-state index < -0.39 is 6.10 Å². The van der Waals surface area contributed by atoms with E-state index >= 15 is 0 Å². The summed E-state index contributed by atoms with van der Waals surface area (Å²) in [6.07, 6.45) is -0.148. The lowest BCUT2D eigenvalue weighted by atomic mass is 9.90. The second-order valence-corrected chi connectivity index (χ2v) is 5.66. The molecule has 0 bridgehead atoms. The number of nitrogens with zero attached hydrogens (tertiary/aromatic N) is 1. The van der Waals surface area contributed by atoms with Crippen molar-refractivity contribution in [3.63, 3.8) is 0 Å². The first kappa shape index (κ1) is 13.8. The summed E-state index contributed by atoms with van der Waals surface area (Å²) in [5.74, 6) is 0.117. The zero-order valence-corrected chi connectivity index (χ0v) is 12.3. The maximum atomic E-state index is 11.7. The minimum absolute atomic E-state index is 0.0130. The molecule has 21 heavy (non-hydrogen) atoms. The van der Waals surface area contributed by atoms with Crippen LogP contribution in [0.1, 0.15) is 35.6 Å². The zero-order chi connectivity index (χ0) is 15.0. The molecule has 0 aromatic heterocycles. The fourth-order valence-corrected chi connectivity index (χ4v) is 2.90. The Hall–Kier alpha value is -2.13. The third kappa shape index (κ3) is 2.45. The molecule has 1 aliphatic rings. The molecule has 108 valence electrons. The van der Waals surface area contributed by atoms with Crippen molar-refractivity contribution in [3.05, 3.63) is 65.2 Å². The first-order chi connectivity index (χ1) is 10.1. The van der Waals surface area contributed by atoms with E-state index in [0.29, 0.717) is 6.42 Å². The molecule has 3 nitrogen and oxygen atoms in total. The van der Waals surface area contributed by atoms with Gasteiger partial charge in [0.15, 0.2) is 0 Å². The van der Waals surface area contributed by atoms with Crippen LogP contribution in [0.2, 0.25) is 0 Å². The molecule has 1 N–H and O–H groups in total. The lowest BCUT2D eigenvalue weighted by Crippen LogP contribution is -2.20. The highest BCUT2D eigenvalue weighted by Crippen LogP contribution is 2.35. The first-order valence-corrected chi connectivity index (χ1v) is 7.20. The molecule has 0 radical (unpaired) electrons. The summed E-state index contributed by atoms with van der Waals surface area (Å²) in [4.78, 5) is 13.4. The summed E-state index contributed by atoms with van der Waals surface area (Å²) in [6.45, 7) is 2.02. The van der Waals surface area contributed by atoms with Gasteiger partial charge in [-0.05, 0) is 22.8 Å². The molecule has 1 amide bonds. The van der Waals surface area contributed by atoms with Gasteiger partial charge in [0.2, 0.25) is 5.91 Å². The molecule has 1 heterocycles. The number of carbonyl (C=O) groups excluding carboxylic acids is 1. The van der Waals surface area contributed by atoms with Gasteiger partial charge in [-0.25, -0.2) is 0 Å². The van der Waals surface area contributed by atoms with Crippen molar-refractivity contribution in [3.8, 4) is 0 Å². The first-order valence-electron chi connectivity index (χ1n) is 7.20. The van der Waals surface area contributed by atoms with Gasteiger partial charge in [-0.1, -0.05) is 49.4 Å². The number of carbonyl (C=O) groups is 1. The average molecular weight is 281 g/mol.